The Morgan fingerprint density at radius 3 is 2.38 bits per heavy atom. The predicted octanol–water partition coefficient (Wildman–Crippen LogP) is 5.08. The van der Waals surface area contributed by atoms with Gasteiger partial charge < -0.3 is 4.74 Å². The van der Waals surface area contributed by atoms with E-state index < -0.39 is 10.0 Å². The van der Waals surface area contributed by atoms with Gasteiger partial charge in [0, 0.05) is 30.0 Å². The van der Waals surface area contributed by atoms with Crippen molar-refractivity contribution >= 4 is 27.4 Å². The fourth-order valence-electron chi connectivity index (χ4n) is 3.63. The molecule has 0 aromatic heterocycles. The molecule has 0 amide bonds. The Bertz CT molecular complexity index is 1080. The first-order chi connectivity index (χ1) is 15.2. The molecule has 0 aliphatic heterocycles. The number of hydrogen-bond acceptors (Lipinski definition) is 4. The smallest absolute Gasteiger partial charge is 0.240 e. The molecule has 0 fully saturated rings. The van der Waals surface area contributed by atoms with Crippen LogP contribution in [0.4, 0.5) is 0 Å². The minimum absolute atomic E-state index is 0.191. The minimum atomic E-state index is -3.57. The Labute approximate surface area is 195 Å². The van der Waals surface area contributed by atoms with Crippen LogP contribution in [-0.2, 0) is 32.4 Å². The molecule has 0 radical (unpaired) electrons. The maximum atomic E-state index is 12.4. The molecule has 32 heavy (non-hydrogen) atoms. The highest BCUT2D eigenvalue weighted by Gasteiger charge is 2.24. The standard InChI is InChI=1S/C25H30ClNO4S/c1-18(2)17-31-25-13-12-24(28)23(25)11-6-19-4-3-5-20(16-19)14-15-27-32(29,30)22-9-7-21(26)8-10-22/h3-5,7-10,16,18,27H,6,11-15,17H2,1-2H3. The molecule has 1 aliphatic carbocycles. The van der Waals surface area contributed by atoms with E-state index in [1.165, 1.54) is 12.1 Å². The van der Waals surface area contributed by atoms with Crippen LogP contribution in [0.25, 0.3) is 0 Å². The summed E-state index contributed by atoms with van der Waals surface area (Å²) in [6.07, 6.45) is 3.23. The van der Waals surface area contributed by atoms with Gasteiger partial charge in [-0.15, -0.1) is 0 Å². The Morgan fingerprint density at radius 1 is 1.00 bits per heavy atom. The number of ketones is 1. The van der Waals surface area contributed by atoms with Crippen molar-refractivity contribution in [3.05, 3.63) is 76.0 Å². The van der Waals surface area contributed by atoms with Gasteiger partial charge in [0.2, 0.25) is 10.0 Å². The number of rotatable bonds is 11. The molecule has 0 spiro atoms. The number of halogens is 1. The van der Waals surface area contributed by atoms with Crippen LogP contribution in [0, 0.1) is 5.92 Å². The second kappa shape index (κ2) is 11.1. The number of Topliss-reactive ketones (excluding diaryl/α,β-unsaturated/α-hetero) is 1. The monoisotopic (exact) mass is 475 g/mol. The largest absolute Gasteiger partial charge is 0.497 e. The number of sulfonamides is 1. The highest BCUT2D eigenvalue weighted by molar-refractivity contribution is 7.89. The lowest BCUT2D eigenvalue weighted by Gasteiger charge is -2.12. The lowest BCUT2D eigenvalue weighted by Crippen LogP contribution is -2.26. The van der Waals surface area contributed by atoms with Crippen molar-refractivity contribution < 1.29 is 17.9 Å². The Kier molecular flexibility index (Phi) is 8.51. The highest BCUT2D eigenvalue weighted by atomic mass is 35.5. The molecular weight excluding hydrogens is 446 g/mol. The van der Waals surface area contributed by atoms with Crippen molar-refractivity contribution in [1.29, 1.82) is 0 Å². The molecule has 2 aromatic carbocycles. The van der Waals surface area contributed by atoms with Crippen LogP contribution in [0.2, 0.25) is 5.02 Å². The molecule has 0 saturated carbocycles. The van der Waals surface area contributed by atoms with Crippen LogP contribution in [0.3, 0.4) is 0 Å². The average molecular weight is 476 g/mol. The molecular formula is C25H30ClNO4S. The zero-order chi connectivity index (χ0) is 23.1. The molecule has 0 atom stereocenters. The second-order valence-electron chi connectivity index (χ2n) is 8.45. The summed E-state index contributed by atoms with van der Waals surface area (Å²) in [4.78, 5) is 12.5. The number of ether oxygens (including phenoxy) is 1. The zero-order valence-corrected chi connectivity index (χ0v) is 20.1. The summed E-state index contributed by atoms with van der Waals surface area (Å²) < 4.78 is 33.3. The highest BCUT2D eigenvalue weighted by Crippen LogP contribution is 2.28. The Morgan fingerprint density at radius 2 is 1.69 bits per heavy atom. The van der Waals surface area contributed by atoms with Crippen molar-refractivity contribution in [3.8, 4) is 0 Å². The van der Waals surface area contributed by atoms with Crippen LogP contribution in [-0.4, -0.2) is 27.4 Å². The number of carbonyl (C=O) groups is 1. The summed E-state index contributed by atoms with van der Waals surface area (Å²) in [5.41, 5.74) is 2.99. The van der Waals surface area contributed by atoms with Crippen LogP contribution in [0.15, 0.2) is 64.8 Å². The van der Waals surface area contributed by atoms with Crippen molar-refractivity contribution in [2.24, 2.45) is 5.92 Å². The molecule has 0 unspecified atom stereocenters. The fraction of sp³-hybridized carbons (Fsp3) is 0.400. The summed E-state index contributed by atoms with van der Waals surface area (Å²) in [7, 11) is -3.57. The van der Waals surface area contributed by atoms with E-state index >= 15 is 0 Å². The summed E-state index contributed by atoms with van der Waals surface area (Å²) in [5, 5.41) is 0.495. The lowest BCUT2D eigenvalue weighted by molar-refractivity contribution is -0.115. The molecule has 5 nitrogen and oxygen atoms in total. The predicted molar refractivity (Wildman–Crippen MR) is 127 cm³/mol. The van der Waals surface area contributed by atoms with E-state index in [9.17, 15) is 13.2 Å². The van der Waals surface area contributed by atoms with E-state index in [1.54, 1.807) is 12.1 Å². The van der Waals surface area contributed by atoms with Crippen LogP contribution < -0.4 is 4.72 Å². The van der Waals surface area contributed by atoms with Crippen LogP contribution in [0.5, 0.6) is 0 Å². The third-order valence-electron chi connectivity index (χ3n) is 5.33. The zero-order valence-electron chi connectivity index (χ0n) is 18.6. The number of nitrogens with one attached hydrogen (secondary N) is 1. The van der Waals surface area contributed by atoms with Crippen molar-refractivity contribution in [2.75, 3.05) is 13.2 Å². The van der Waals surface area contributed by atoms with E-state index in [1.807, 2.05) is 18.2 Å². The molecule has 3 rings (SSSR count). The van der Waals surface area contributed by atoms with E-state index in [0.717, 1.165) is 28.9 Å². The summed E-state index contributed by atoms with van der Waals surface area (Å²) >= 11 is 5.83. The van der Waals surface area contributed by atoms with Crippen molar-refractivity contribution in [3.63, 3.8) is 0 Å². The summed E-state index contributed by atoms with van der Waals surface area (Å²) in [6, 6.07) is 14.2. The Balaban J connectivity index is 1.55. The average Bonchev–Trinajstić information content (AvgIpc) is 3.10. The Hall–Kier alpha value is -2.15. The first-order valence-electron chi connectivity index (χ1n) is 11.0. The van der Waals surface area contributed by atoms with Gasteiger partial charge in [-0.2, -0.15) is 0 Å². The van der Waals surface area contributed by atoms with Crippen LogP contribution >= 0.6 is 11.6 Å². The maximum Gasteiger partial charge on any atom is 0.240 e. The molecule has 0 heterocycles. The van der Waals surface area contributed by atoms with Crippen molar-refractivity contribution in [2.45, 2.75) is 50.8 Å². The van der Waals surface area contributed by atoms with Gasteiger partial charge in [0.1, 0.15) is 5.76 Å². The number of benzene rings is 2. The molecule has 1 aliphatic rings. The van der Waals surface area contributed by atoms with Crippen LogP contribution in [0.1, 0.15) is 44.2 Å². The SMILES string of the molecule is CC(C)COC1=C(CCc2cccc(CCNS(=O)(=O)c3ccc(Cl)cc3)c2)C(=O)CC1. The van der Waals surface area contributed by atoms with Gasteiger partial charge in [0.05, 0.1) is 11.5 Å². The van der Waals surface area contributed by atoms with Gasteiger partial charge in [-0.3, -0.25) is 4.79 Å². The topological polar surface area (TPSA) is 72.5 Å². The molecule has 1 N–H and O–H groups in total. The first-order valence-corrected chi connectivity index (χ1v) is 12.8. The number of allylic oxidation sites excluding steroid dienone is 2. The van der Waals surface area contributed by atoms with E-state index in [4.69, 9.17) is 16.3 Å². The third kappa shape index (κ3) is 6.92. The second-order valence-corrected chi connectivity index (χ2v) is 10.7. The van der Waals surface area contributed by atoms with Gasteiger partial charge in [0.25, 0.3) is 0 Å². The van der Waals surface area contributed by atoms with E-state index in [2.05, 4.69) is 24.6 Å². The number of hydrogen-bond donors (Lipinski definition) is 1. The van der Waals surface area contributed by atoms with E-state index in [0.29, 0.717) is 49.8 Å². The quantitative estimate of drug-likeness (QED) is 0.491. The van der Waals surface area contributed by atoms with Crippen molar-refractivity contribution in [1.82, 2.24) is 4.72 Å². The van der Waals surface area contributed by atoms with E-state index in [-0.39, 0.29) is 10.7 Å². The lowest BCUT2D eigenvalue weighted by atomic mass is 10.0. The number of carbonyl (C=O) groups excluding carboxylic acids is 1. The number of aryl methyl sites for hydroxylation is 1. The summed E-state index contributed by atoms with van der Waals surface area (Å²) in [6.45, 7) is 5.12. The fourth-order valence-corrected chi connectivity index (χ4v) is 4.78. The molecule has 0 saturated heterocycles. The van der Waals surface area contributed by atoms with Gasteiger partial charge in [-0.25, -0.2) is 13.1 Å². The van der Waals surface area contributed by atoms with Gasteiger partial charge in [-0.1, -0.05) is 49.7 Å². The molecule has 172 valence electrons. The molecule has 0 bridgehead atoms. The summed E-state index contributed by atoms with van der Waals surface area (Å²) in [5.74, 6) is 1.47. The van der Waals surface area contributed by atoms with Gasteiger partial charge >= 0.3 is 0 Å². The minimum Gasteiger partial charge on any atom is -0.497 e. The maximum absolute atomic E-state index is 12.4. The van der Waals surface area contributed by atoms with Gasteiger partial charge in [0.15, 0.2) is 5.78 Å². The molecule has 2 aromatic rings. The third-order valence-corrected chi connectivity index (χ3v) is 7.06. The first kappa shape index (κ1) is 24.5. The molecule has 7 heteroatoms. The van der Waals surface area contributed by atoms with Gasteiger partial charge in [-0.05, 0) is 60.6 Å². The normalized spacial score (nSPS) is 14.4.